The summed E-state index contributed by atoms with van der Waals surface area (Å²) in [6.07, 6.45) is 3.43. The molecule has 1 saturated heterocycles. The lowest BCUT2D eigenvalue weighted by molar-refractivity contribution is -0.117. The van der Waals surface area contributed by atoms with Crippen LogP contribution in [0.25, 0.3) is 11.1 Å². The second-order valence-electron chi connectivity index (χ2n) is 13.3. The normalized spacial score (nSPS) is 14.9. The highest BCUT2D eigenvalue weighted by molar-refractivity contribution is 5.96. The van der Waals surface area contributed by atoms with Crippen LogP contribution in [0.3, 0.4) is 0 Å². The molecule has 2 heterocycles. The first-order valence-electron chi connectivity index (χ1n) is 15.8. The third-order valence-corrected chi connectivity index (χ3v) is 8.26. The number of benzene rings is 3. The standard InChI is InChI=1S/C36H46N4O4/c1-25-13-17-39(18-14-25)31-11-9-28(20-30(31)38-34(41)22-36(2,3)4)27-8-5-7-26(19-27)23-40(16-6-15-37)35(42)29-10-12-32-33(21-29)44-24-43-32/h5,7-12,19-21,25H,6,13-18,22-24,37H2,1-4H3,(H,38,41). The lowest BCUT2D eigenvalue weighted by Crippen LogP contribution is -2.33. The second kappa shape index (κ2) is 13.7. The van der Waals surface area contributed by atoms with E-state index in [9.17, 15) is 9.59 Å². The van der Waals surface area contributed by atoms with E-state index < -0.39 is 0 Å². The largest absolute Gasteiger partial charge is 0.454 e. The molecule has 5 rings (SSSR count). The Kier molecular flexibility index (Phi) is 9.79. The van der Waals surface area contributed by atoms with Crippen LogP contribution in [0.15, 0.2) is 60.7 Å². The van der Waals surface area contributed by atoms with Gasteiger partial charge in [0, 0.05) is 38.2 Å². The molecule has 8 nitrogen and oxygen atoms in total. The number of fused-ring (bicyclic) bond motifs is 1. The molecule has 3 aromatic carbocycles. The van der Waals surface area contributed by atoms with Crippen molar-refractivity contribution in [3.05, 3.63) is 71.8 Å². The zero-order chi connectivity index (χ0) is 31.3. The summed E-state index contributed by atoms with van der Waals surface area (Å²) < 4.78 is 10.9. The molecule has 0 aromatic heterocycles. The second-order valence-corrected chi connectivity index (χ2v) is 13.3. The Morgan fingerprint density at radius 3 is 2.48 bits per heavy atom. The molecular formula is C36H46N4O4. The van der Waals surface area contributed by atoms with Crippen molar-refractivity contribution in [1.82, 2.24) is 4.90 Å². The van der Waals surface area contributed by atoms with E-state index in [4.69, 9.17) is 15.2 Å². The molecule has 2 amide bonds. The number of rotatable bonds is 10. The van der Waals surface area contributed by atoms with Crippen molar-refractivity contribution in [3.63, 3.8) is 0 Å². The average Bonchev–Trinajstić information content (AvgIpc) is 3.47. The number of hydrogen-bond acceptors (Lipinski definition) is 6. The lowest BCUT2D eigenvalue weighted by Gasteiger charge is -2.33. The number of nitrogens with two attached hydrogens (primary N) is 1. The predicted octanol–water partition coefficient (Wildman–Crippen LogP) is 6.68. The zero-order valence-electron chi connectivity index (χ0n) is 26.5. The molecule has 234 valence electrons. The highest BCUT2D eigenvalue weighted by atomic mass is 16.7. The van der Waals surface area contributed by atoms with Crippen LogP contribution < -0.4 is 25.4 Å². The molecule has 0 bridgehead atoms. The van der Waals surface area contributed by atoms with E-state index in [0.29, 0.717) is 55.5 Å². The summed E-state index contributed by atoms with van der Waals surface area (Å²) in [6, 6.07) is 19.9. The quantitative estimate of drug-likeness (QED) is 0.270. The van der Waals surface area contributed by atoms with Crippen molar-refractivity contribution in [1.29, 1.82) is 0 Å². The number of piperidine rings is 1. The van der Waals surface area contributed by atoms with Crippen molar-refractivity contribution in [3.8, 4) is 22.6 Å². The van der Waals surface area contributed by atoms with Gasteiger partial charge < -0.3 is 30.3 Å². The van der Waals surface area contributed by atoms with E-state index in [0.717, 1.165) is 54.0 Å². The van der Waals surface area contributed by atoms with Gasteiger partial charge in [-0.05, 0) is 90.2 Å². The van der Waals surface area contributed by atoms with E-state index in [1.165, 1.54) is 0 Å². The number of hydrogen-bond donors (Lipinski definition) is 2. The van der Waals surface area contributed by atoms with Crippen LogP contribution >= 0.6 is 0 Å². The molecule has 0 aliphatic carbocycles. The minimum atomic E-state index is -0.107. The molecule has 0 unspecified atom stereocenters. The summed E-state index contributed by atoms with van der Waals surface area (Å²) in [5.74, 6) is 1.90. The van der Waals surface area contributed by atoms with Crippen LogP contribution in [0.5, 0.6) is 11.5 Å². The maximum absolute atomic E-state index is 13.6. The Bertz CT molecular complexity index is 1470. The molecule has 2 aliphatic rings. The molecular weight excluding hydrogens is 552 g/mol. The molecule has 8 heteroatoms. The van der Waals surface area contributed by atoms with Gasteiger partial charge >= 0.3 is 0 Å². The first-order chi connectivity index (χ1) is 21.1. The summed E-state index contributed by atoms with van der Waals surface area (Å²) in [4.78, 5) is 30.9. The molecule has 0 spiro atoms. The lowest BCUT2D eigenvalue weighted by atomic mass is 9.92. The monoisotopic (exact) mass is 598 g/mol. The van der Waals surface area contributed by atoms with Gasteiger partial charge in [-0.25, -0.2) is 0 Å². The van der Waals surface area contributed by atoms with Crippen LogP contribution in [0, 0.1) is 11.3 Å². The van der Waals surface area contributed by atoms with E-state index >= 15 is 0 Å². The first-order valence-corrected chi connectivity index (χ1v) is 15.8. The molecule has 3 aromatic rings. The van der Waals surface area contributed by atoms with Gasteiger partial charge in [0.15, 0.2) is 11.5 Å². The summed E-state index contributed by atoms with van der Waals surface area (Å²) in [5, 5.41) is 3.24. The minimum Gasteiger partial charge on any atom is -0.454 e. The Labute approximate surface area is 261 Å². The number of nitrogens with one attached hydrogen (secondary N) is 1. The van der Waals surface area contributed by atoms with Crippen LogP contribution in [-0.4, -0.2) is 49.7 Å². The Morgan fingerprint density at radius 2 is 1.73 bits per heavy atom. The van der Waals surface area contributed by atoms with Crippen molar-refractivity contribution < 1.29 is 19.1 Å². The number of nitrogens with zero attached hydrogens (tertiary/aromatic N) is 2. The molecule has 0 saturated carbocycles. The third kappa shape index (κ3) is 7.91. The van der Waals surface area contributed by atoms with Crippen molar-refractivity contribution in [2.24, 2.45) is 17.1 Å². The molecule has 0 atom stereocenters. The topological polar surface area (TPSA) is 97.1 Å². The van der Waals surface area contributed by atoms with E-state index in [1.807, 2.05) is 17.0 Å². The Morgan fingerprint density at radius 1 is 0.977 bits per heavy atom. The minimum absolute atomic E-state index is 0.0209. The summed E-state index contributed by atoms with van der Waals surface area (Å²) in [7, 11) is 0. The number of carbonyl (C=O) groups is 2. The maximum atomic E-state index is 13.6. The van der Waals surface area contributed by atoms with Crippen LogP contribution in [0.4, 0.5) is 11.4 Å². The van der Waals surface area contributed by atoms with Crippen molar-refractivity contribution in [2.75, 3.05) is 43.2 Å². The number of carbonyl (C=O) groups excluding carboxylic acids is 2. The number of amides is 2. The Hall–Kier alpha value is -4.04. The van der Waals surface area contributed by atoms with Gasteiger partial charge in [-0.2, -0.15) is 0 Å². The van der Waals surface area contributed by atoms with Gasteiger partial charge in [0.05, 0.1) is 11.4 Å². The third-order valence-electron chi connectivity index (χ3n) is 8.26. The fourth-order valence-electron chi connectivity index (χ4n) is 5.83. The van der Waals surface area contributed by atoms with Gasteiger partial charge in [-0.3, -0.25) is 9.59 Å². The van der Waals surface area contributed by atoms with E-state index in [1.54, 1.807) is 18.2 Å². The van der Waals surface area contributed by atoms with E-state index in [-0.39, 0.29) is 24.0 Å². The van der Waals surface area contributed by atoms with Gasteiger partial charge in [-0.1, -0.05) is 52.0 Å². The van der Waals surface area contributed by atoms with Gasteiger partial charge in [0.2, 0.25) is 12.7 Å². The highest BCUT2D eigenvalue weighted by Crippen LogP contribution is 2.36. The first kappa shape index (κ1) is 31.4. The van der Waals surface area contributed by atoms with Gasteiger partial charge in [-0.15, -0.1) is 0 Å². The van der Waals surface area contributed by atoms with Gasteiger partial charge in [0.1, 0.15) is 0 Å². The average molecular weight is 599 g/mol. The number of anilines is 2. The SMILES string of the molecule is CC1CCN(c2ccc(-c3cccc(CN(CCCN)C(=O)c4ccc5c(c4)OCO5)c3)cc2NC(=O)CC(C)(C)C)CC1. The zero-order valence-corrected chi connectivity index (χ0v) is 26.5. The van der Waals surface area contributed by atoms with Crippen LogP contribution in [-0.2, 0) is 11.3 Å². The fourth-order valence-corrected chi connectivity index (χ4v) is 5.83. The molecule has 1 fully saturated rings. The smallest absolute Gasteiger partial charge is 0.254 e. The van der Waals surface area contributed by atoms with Crippen LogP contribution in [0.1, 0.15) is 69.3 Å². The molecule has 3 N–H and O–H groups in total. The van der Waals surface area contributed by atoms with Crippen molar-refractivity contribution >= 4 is 23.2 Å². The molecule has 2 aliphatic heterocycles. The summed E-state index contributed by atoms with van der Waals surface area (Å²) in [6.45, 7) is 12.2. The molecule has 0 radical (unpaired) electrons. The summed E-state index contributed by atoms with van der Waals surface area (Å²) in [5.41, 5.74) is 11.3. The van der Waals surface area contributed by atoms with Crippen molar-refractivity contribution in [2.45, 2.75) is 59.9 Å². The molecule has 44 heavy (non-hydrogen) atoms. The predicted molar refractivity (Wildman–Crippen MR) is 176 cm³/mol. The number of ether oxygens (including phenoxy) is 2. The maximum Gasteiger partial charge on any atom is 0.254 e. The fraction of sp³-hybridized carbons (Fsp3) is 0.444. The van der Waals surface area contributed by atoms with Gasteiger partial charge in [0.25, 0.3) is 5.91 Å². The van der Waals surface area contributed by atoms with E-state index in [2.05, 4.69) is 68.2 Å². The van der Waals surface area contributed by atoms with Crippen LogP contribution in [0.2, 0.25) is 0 Å². The summed E-state index contributed by atoms with van der Waals surface area (Å²) >= 11 is 0. The Balaban J connectivity index is 1.40. The highest BCUT2D eigenvalue weighted by Gasteiger charge is 2.23.